The van der Waals surface area contributed by atoms with E-state index in [0.29, 0.717) is 24.2 Å². The first kappa shape index (κ1) is 17.1. The van der Waals surface area contributed by atoms with E-state index >= 15 is 0 Å². The van der Waals surface area contributed by atoms with Crippen LogP contribution in [0.15, 0.2) is 24.3 Å². The van der Waals surface area contributed by atoms with Crippen molar-refractivity contribution in [1.29, 1.82) is 0 Å². The van der Waals surface area contributed by atoms with E-state index in [2.05, 4.69) is 10.2 Å². The number of ketones is 1. The van der Waals surface area contributed by atoms with Gasteiger partial charge in [0.05, 0.1) is 0 Å². The highest BCUT2D eigenvalue weighted by Crippen LogP contribution is 2.11. The number of Topliss-reactive ketones (excluding diaryl/α,β-unsaturated/α-hetero) is 1. The molecular weight excluding hydrogens is 294 g/mol. The number of hydrogen-bond donors (Lipinski definition) is 1. The Balaban J connectivity index is 1.73. The van der Waals surface area contributed by atoms with E-state index in [1.165, 1.54) is 6.92 Å². The number of amides is 2. The van der Waals surface area contributed by atoms with Gasteiger partial charge in [0.2, 0.25) is 11.8 Å². The molecule has 0 aromatic heterocycles. The molecule has 0 unspecified atom stereocenters. The molecule has 1 N–H and O–H groups in total. The molecule has 1 aromatic carbocycles. The lowest BCUT2D eigenvalue weighted by Crippen LogP contribution is -2.48. The number of carbonyl (C=O) groups is 3. The fraction of sp³-hybridized carbons (Fsp3) is 0.471. The minimum absolute atomic E-state index is 0.00702. The summed E-state index contributed by atoms with van der Waals surface area (Å²) in [6.45, 7) is 6.84. The molecule has 0 saturated carbocycles. The van der Waals surface area contributed by atoms with Crippen molar-refractivity contribution in [2.45, 2.75) is 20.3 Å². The van der Waals surface area contributed by atoms with E-state index in [0.717, 1.165) is 26.2 Å². The highest BCUT2D eigenvalue weighted by molar-refractivity contribution is 5.95. The number of carbonyl (C=O) groups excluding carboxylic acids is 3. The average Bonchev–Trinajstić information content (AvgIpc) is 2.54. The molecule has 0 spiro atoms. The SMILES string of the molecule is CC(=O)c1ccc(NC(=O)CCN2CCN(C(C)=O)CC2)cc1. The second-order valence-electron chi connectivity index (χ2n) is 5.78. The Morgan fingerprint density at radius 2 is 1.61 bits per heavy atom. The molecular formula is C17H23N3O3. The minimum atomic E-state index is -0.0467. The van der Waals surface area contributed by atoms with Gasteiger partial charge in [0.15, 0.2) is 5.78 Å². The summed E-state index contributed by atoms with van der Waals surface area (Å²) in [5, 5.41) is 2.83. The van der Waals surface area contributed by atoms with Crippen LogP contribution in [0.25, 0.3) is 0 Å². The van der Waals surface area contributed by atoms with Crippen molar-refractivity contribution >= 4 is 23.3 Å². The Kier molecular flexibility index (Phi) is 5.87. The maximum Gasteiger partial charge on any atom is 0.225 e. The van der Waals surface area contributed by atoms with Gasteiger partial charge in [0, 0.05) is 57.3 Å². The van der Waals surface area contributed by atoms with Crippen LogP contribution in [0.5, 0.6) is 0 Å². The van der Waals surface area contributed by atoms with Crippen molar-refractivity contribution < 1.29 is 14.4 Å². The van der Waals surface area contributed by atoms with Crippen LogP contribution >= 0.6 is 0 Å². The summed E-state index contributed by atoms with van der Waals surface area (Å²) in [7, 11) is 0. The van der Waals surface area contributed by atoms with Crippen molar-refractivity contribution in [3.05, 3.63) is 29.8 Å². The molecule has 2 amide bonds. The molecule has 6 nitrogen and oxygen atoms in total. The molecule has 23 heavy (non-hydrogen) atoms. The maximum atomic E-state index is 12.0. The lowest BCUT2D eigenvalue weighted by molar-refractivity contribution is -0.130. The van der Waals surface area contributed by atoms with Gasteiger partial charge in [-0.25, -0.2) is 0 Å². The fourth-order valence-electron chi connectivity index (χ4n) is 2.56. The van der Waals surface area contributed by atoms with Crippen LogP contribution in [0.3, 0.4) is 0 Å². The molecule has 1 saturated heterocycles. The summed E-state index contributed by atoms with van der Waals surface area (Å²) in [6.07, 6.45) is 0.411. The fourth-order valence-corrected chi connectivity index (χ4v) is 2.56. The number of nitrogens with one attached hydrogen (secondary N) is 1. The zero-order chi connectivity index (χ0) is 16.8. The smallest absolute Gasteiger partial charge is 0.225 e. The van der Waals surface area contributed by atoms with Crippen LogP contribution < -0.4 is 5.32 Å². The summed E-state index contributed by atoms with van der Waals surface area (Å²) in [5.74, 6) is 0.0681. The maximum absolute atomic E-state index is 12.0. The third-order valence-corrected chi connectivity index (χ3v) is 4.05. The van der Waals surface area contributed by atoms with Gasteiger partial charge < -0.3 is 10.2 Å². The van der Waals surface area contributed by atoms with E-state index in [-0.39, 0.29) is 17.6 Å². The normalized spacial score (nSPS) is 15.3. The highest BCUT2D eigenvalue weighted by atomic mass is 16.2. The van der Waals surface area contributed by atoms with E-state index in [1.807, 2.05) is 4.90 Å². The summed E-state index contributed by atoms with van der Waals surface area (Å²) in [5.41, 5.74) is 1.33. The van der Waals surface area contributed by atoms with E-state index < -0.39 is 0 Å². The number of nitrogens with zero attached hydrogens (tertiary/aromatic N) is 2. The number of anilines is 1. The molecule has 0 atom stereocenters. The monoisotopic (exact) mass is 317 g/mol. The van der Waals surface area contributed by atoms with Gasteiger partial charge in [0.1, 0.15) is 0 Å². The summed E-state index contributed by atoms with van der Waals surface area (Å²) in [4.78, 5) is 38.5. The molecule has 1 aliphatic heterocycles. The van der Waals surface area contributed by atoms with Gasteiger partial charge in [-0.15, -0.1) is 0 Å². The molecule has 1 fully saturated rings. The van der Waals surface area contributed by atoms with E-state index in [4.69, 9.17) is 0 Å². The van der Waals surface area contributed by atoms with Crippen molar-refractivity contribution in [3.63, 3.8) is 0 Å². The van der Waals surface area contributed by atoms with Crippen molar-refractivity contribution in [3.8, 4) is 0 Å². The van der Waals surface area contributed by atoms with Crippen molar-refractivity contribution in [1.82, 2.24) is 9.80 Å². The van der Waals surface area contributed by atoms with Crippen LogP contribution in [-0.4, -0.2) is 60.1 Å². The van der Waals surface area contributed by atoms with Gasteiger partial charge in [-0.1, -0.05) is 0 Å². The Labute approximate surface area is 136 Å². The Bertz CT molecular complexity index is 575. The predicted octanol–water partition coefficient (Wildman–Crippen LogP) is 1.38. The van der Waals surface area contributed by atoms with Crippen molar-refractivity contribution in [2.24, 2.45) is 0 Å². The molecule has 0 bridgehead atoms. The minimum Gasteiger partial charge on any atom is -0.340 e. The summed E-state index contributed by atoms with van der Waals surface area (Å²) >= 11 is 0. The first-order chi connectivity index (χ1) is 11.0. The van der Waals surface area contributed by atoms with Gasteiger partial charge >= 0.3 is 0 Å². The lowest BCUT2D eigenvalue weighted by Gasteiger charge is -2.34. The van der Waals surface area contributed by atoms with Crippen LogP contribution in [0.1, 0.15) is 30.6 Å². The molecule has 1 heterocycles. The van der Waals surface area contributed by atoms with Crippen LogP contribution in [0.2, 0.25) is 0 Å². The average molecular weight is 317 g/mol. The summed E-state index contributed by atoms with van der Waals surface area (Å²) in [6, 6.07) is 6.89. The van der Waals surface area contributed by atoms with E-state index in [1.54, 1.807) is 31.2 Å². The summed E-state index contributed by atoms with van der Waals surface area (Å²) < 4.78 is 0. The zero-order valence-corrected chi connectivity index (χ0v) is 13.7. The lowest BCUT2D eigenvalue weighted by atomic mass is 10.1. The molecule has 1 aliphatic rings. The number of piperazine rings is 1. The topological polar surface area (TPSA) is 69.7 Å². The first-order valence-corrected chi connectivity index (χ1v) is 7.84. The second kappa shape index (κ2) is 7.87. The van der Waals surface area contributed by atoms with Crippen LogP contribution in [0.4, 0.5) is 5.69 Å². The number of rotatable bonds is 5. The largest absolute Gasteiger partial charge is 0.340 e. The van der Waals surface area contributed by atoms with Gasteiger partial charge in [-0.05, 0) is 31.2 Å². The molecule has 0 aliphatic carbocycles. The Morgan fingerprint density at radius 1 is 1.00 bits per heavy atom. The number of hydrogen-bond acceptors (Lipinski definition) is 4. The van der Waals surface area contributed by atoms with Gasteiger partial charge in [-0.2, -0.15) is 0 Å². The molecule has 1 aromatic rings. The molecule has 2 rings (SSSR count). The van der Waals surface area contributed by atoms with Crippen LogP contribution in [0, 0.1) is 0 Å². The van der Waals surface area contributed by atoms with Crippen LogP contribution in [-0.2, 0) is 9.59 Å². The Morgan fingerprint density at radius 3 is 2.13 bits per heavy atom. The second-order valence-corrected chi connectivity index (χ2v) is 5.78. The van der Waals surface area contributed by atoms with Gasteiger partial charge in [0.25, 0.3) is 0 Å². The quantitative estimate of drug-likeness (QED) is 0.833. The zero-order valence-electron chi connectivity index (χ0n) is 13.7. The van der Waals surface area contributed by atoms with Gasteiger partial charge in [-0.3, -0.25) is 19.3 Å². The van der Waals surface area contributed by atoms with Crippen molar-refractivity contribution in [2.75, 3.05) is 38.0 Å². The molecule has 0 radical (unpaired) electrons. The Hall–Kier alpha value is -2.21. The standard InChI is InChI=1S/C17H23N3O3/c1-13(21)15-3-5-16(6-4-15)18-17(23)7-8-19-9-11-20(12-10-19)14(2)22/h3-6H,7-12H2,1-2H3,(H,18,23). The number of benzene rings is 1. The predicted molar refractivity (Wildman–Crippen MR) is 88.4 cm³/mol. The molecule has 6 heteroatoms. The third kappa shape index (κ3) is 5.17. The highest BCUT2D eigenvalue weighted by Gasteiger charge is 2.18. The van der Waals surface area contributed by atoms with E-state index in [9.17, 15) is 14.4 Å². The third-order valence-electron chi connectivity index (χ3n) is 4.05. The molecule has 124 valence electrons. The first-order valence-electron chi connectivity index (χ1n) is 7.84.